The first-order valence-corrected chi connectivity index (χ1v) is 11.7. The highest BCUT2D eigenvalue weighted by atomic mass is 35.5. The minimum absolute atomic E-state index is 0.0580. The summed E-state index contributed by atoms with van der Waals surface area (Å²) in [7, 11) is 0. The average Bonchev–Trinajstić information content (AvgIpc) is 3.36. The topological polar surface area (TPSA) is 74.3 Å². The van der Waals surface area contributed by atoms with Crippen molar-refractivity contribution in [1.82, 2.24) is 15.2 Å². The number of anilines is 1. The van der Waals surface area contributed by atoms with E-state index in [1.165, 1.54) is 24.4 Å². The molecule has 3 atom stereocenters. The Morgan fingerprint density at radius 2 is 1.97 bits per heavy atom. The molecule has 1 aromatic heterocycles. The molecule has 2 saturated heterocycles. The minimum Gasteiger partial charge on any atom is -0.380 e. The van der Waals surface area contributed by atoms with Gasteiger partial charge in [0.2, 0.25) is 11.8 Å². The van der Waals surface area contributed by atoms with Crippen LogP contribution < -0.4 is 10.6 Å². The van der Waals surface area contributed by atoms with Crippen LogP contribution in [-0.4, -0.2) is 47.0 Å². The van der Waals surface area contributed by atoms with Crippen LogP contribution in [0.5, 0.6) is 0 Å². The van der Waals surface area contributed by atoms with Gasteiger partial charge in [-0.3, -0.25) is 14.6 Å². The summed E-state index contributed by atoms with van der Waals surface area (Å²) in [6.45, 7) is 0.204. The number of likely N-dealkylation sites (tertiary alicyclic amines) is 1. The zero-order chi connectivity index (χ0) is 25.0. The van der Waals surface area contributed by atoms with Gasteiger partial charge in [-0.25, -0.2) is 4.39 Å². The van der Waals surface area contributed by atoms with Crippen molar-refractivity contribution in [2.75, 3.05) is 18.4 Å². The number of halogens is 5. The standard InChI is InChI=1S/C24H23ClF4N4O2/c25-17-3-1-13-7-15(8-16(13)21(17)26)32-14-2-4-18(30-11-14)22(24(27,28)29)33-6-5-23(10-20(33)35)9-19(34)31-12-23/h1-4,11,15,22,32H,5-10,12H2,(H,31,34). The summed E-state index contributed by atoms with van der Waals surface area (Å²) in [5.41, 5.74) is 0.993. The van der Waals surface area contributed by atoms with Crippen LogP contribution in [0.15, 0.2) is 30.5 Å². The molecule has 6 nitrogen and oxygen atoms in total. The van der Waals surface area contributed by atoms with Gasteiger partial charge < -0.3 is 15.5 Å². The van der Waals surface area contributed by atoms with Gasteiger partial charge in [0, 0.05) is 37.4 Å². The van der Waals surface area contributed by atoms with Crippen LogP contribution in [0.25, 0.3) is 0 Å². The number of hydrogen-bond donors (Lipinski definition) is 2. The molecule has 1 aromatic carbocycles. The lowest BCUT2D eigenvalue weighted by Crippen LogP contribution is -2.50. The zero-order valence-corrected chi connectivity index (χ0v) is 19.3. The smallest absolute Gasteiger partial charge is 0.380 e. The van der Waals surface area contributed by atoms with Gasteiger partial charge in [-0.2, -0.15) is 13.2 Å². The Bertz CT molecular complexity index is 1170. The van der Waals surface area contributed by atoms with Crippen molar-refractivity contribution in [1.29, 1.82) is 0 Å². The van der Waals surface area contributed by atoms with Crippen molar-refractivity contribution >= 4 is 29.1 Å². The predicted molar refractivity (Wildman–Crippen MR) is 120 cm³/mol. The summed E-state index contributed by atoms with van der Waals surface area (Å²) < 4.78 is 56.5. The molecule has 3 aliphatic rings. The Morgan fingerprint density at radius 3 is 2.60 bits per heavy atom. The first kappa shape index (κ1) is 23.8. The fraction of sp³-hybridized carbons (Fsp3) is 0.458. The highest BCUT2D eigenvalue weighted by molar-refractivity contribution is 6.30. The third-order valence-electron chi connectivity index (χ3n) is 7.19. The monoisotopic (exact) mass is 510 g/mol. The zero-order valence-electron chi connectivity index (χ0n) is 18.6. The van der Waals surface area contributed by atoms with E-state index >= 15 is 0 Å². The number of piperidine rings is 1. The van der Waals surface area contributed by atoms with Gasteiger partial charge in [0.05, 0.1) is 22.6 Å². The average molecular weight is 511 g/mol. The van der Waals surface area contributed by atoms with Gasteiger partial charge in [0.1, 0.15) is 5.82 Å². The molecule has 1 spiro atoms. The fourth-order valence-electron chi connectivity index (χ4n) is 5.44. The summed E-state index contributed by atoms with van der Waals surface area (Å²) in [4.78, 5) is 29.3. The molecule has 2 aliphatic heterocycles. The Kier molecular flexibility index (Phi) is 5.89. The second-order valence-electron chi connectivity index (χ2n) is 9.63. The Balaban J connectivity index is 1.30. The quantitative estimate of drug-likeness (QED) is 0.605. The van der Waals surface area contributed by atoms with Gasteiger partial charge >= 0.3 is 6.18 Å². The van der Waals surface area contributed by atoms with Crippen LogP contribution in [0.2, 0.25) is 5.02 Å². The lowest BCUT2D eigenvalue weighted by atomic mass is 9.77. The van der Waals surface area contributed by atoms with Crippen molar-refractivity contribution in [3.8, 4) is 0 Å². The van der Waals surface area contributed by atoms with Gasteiger partial charge in [-0.05, 0) is 48.6 Å². The van der Waals surface area contributed by atoms with E-state index in [4.69, 9.17) is 11.6 Å². The summed E-state index contributed by atoms with van der Waals surface area (Å²) in [5, 5.41) is 5.93. The Labute approximate surface area is 204 Å². The number of nitrogens with one attached hydrogen (secondary N) is 2. The van der Waals surface area contributed by atoms with Crippen LogP contribution in [0.1, 0.15) is 42.1 Å². The molecule has 5 rings (SSSR count). The van der Waals surface area contributed by atoms with Crippen molar-refractivity contribution < 1.29 is 27.2 Å². The molecule has 1 aliphatic carbocycles. The maximum absolute atomic E-state index is 14.3. The molecule has 2 fully saturated rings. The number of rotatable bonds is 4. The highest BCUT2D eigenvalue weighted by Gasteiger charge is 2.52. The maximum Gasteiger partial charge on any atom is 0.414 e. The van der Waals surface area contributed by atoms with E-state index < -0.39 is 29.4 Å². The first-order chi connectivity index (χ1) is 16.5. The SMILES string of the molecule is O=C1CC2(CCN(C(c3ccc(NC4Cc5ccc(Cl)c(F)c5C4)cn3)C(F)(F)F)C(=O)C2)CN1. The number of aromatic nitrogens is 1. The molecular weight excluding hydrogens is 488 g/mol. The van der Waals surface area contributed by atoms with Crippen molar-refractivity contribution in [2.24, 2.45) is 5.41 Å². The molecule has 186 valence electrons. The number of alkyl halides is 3. The minimum atomic E-state index is -4.71. The lowest BCUT2D eigenvalue weighted by molar-refractivity contribution is -0.198. The van der Waals surface area contributed by atoms with Gasteiger partial charge in [0.15, 0.2) is 6.04 Å². The second kappa shape index (κ2) is 8.65. The normalized spacial score (nSPS) is 25.1. The number of carbonyl (C=O) groups excluding carboxylic acids is 2. The van der Waals surface area contributed by atoms with E-state index in [9.17, 15) is 27.2 Å². The van der Waals surface area contributed by atoms with E-state index in [1.54, 1.807) is 6.07 Å². The largest absolute Gasteiger partial charge is 0.414 e. The third kappa shape index (κ3) is 4.55. The molecule has 3 unspecified atom stereocenters. The third-order valence-corrected chi connectivity index (χ3v) is 7.49. The number of nitrogens with zero attached hydrogens (tertiary/aromatic N) is 2. The van der Waals surface area contributed by atoms with E-state index in [0.717, 1.165) is 10.5 Å². The molecule has 0 radical (unpaired) electrons. The van der Waals surface area contributed by atoms with Gasteiger partial charge in [0.25, 0.3) is 0 Å². The van der Waals surface area contributed by atoms with Crippen LogP contribution in [-0.2, 0) is 22.4 Å². The van der Waals surface area contributed by atoms with Crippen LogP contribution in [0.3, 0.4) is 0 Å². The Hall–Kier alpha value is -2.88. The molecular formula is C24H23ClF4N4O2. The van der Waals surface area contributed by atoms with Crippen molar-refractivity contribution in [3.63, 3.8) is 0 Å². The summed E-state index contributed by atoms with van der Waals surface area (Å²) >= 11 is 5.86. The maximum atomic E-state index is 14.3. The van der Waals surface area contributed by atoms with E-state index in [1.807, 2.05) is 0 Å². The molecule has 0 bridgehead atoms. The van der Waals surface area contributed by atoms with Gasteiger partial charge in [-0.1, -0.05) is 17.7 Å². The number of amides is 2. The lowest BCUT2D eigenvalue weighted by Gasteiger charge is -2.41. The number of fused-ring (bicyclic) bond motifs is 1. The molecule has 2 amide bonds. The second-order valence-corrected chi connectivity index (χ2v) is 10.0. The van der Waals surface area contributed by atoms with Crippen molar-refractivity contribution in [3.05, 3.63) is 58.1 Å². The fourth-order valence-corrected chi connectivity index (χ4v) is 5.62. The summed E-state index contributed by atoms with van der Waals surface area (Å²) in [6.07, 6.45) is -2.10. The van der Waals surface area contributed by atoms with Crippen LogP contribution in [0, 0.1) is 11.2 Å². The number of pyridine rings is 1. The Morgan fingerprint density at radius 1 is 1.17 bits per heavy atom. The molecule has 2 N–H and O–H groups in total. The molecule has 3 heterocycles. The number of benzene rings is 1. The molecule has 11 heteroatoms. The number of hydrogen-bond acceptors (Lipinski definition) is 4. The van der Waals surface area contributed by atoms with Crippen molar-refractivity contribution in [2.45, 2.75) is 50.4 Å². The summed E-state index contributed by atoms with van der Waals surface area (Å²) in [5.74, 6) is -1.26. The van der Waals surface area contributed by atoms with Crippen LogP contribution in [0.4, 0.5) is 23.2 Å². The first-order valence-electron chi connectivity index (χ1n) is 11.4. The molecule has 35 heavy (non-hydrogen) atoms. The molecule has 2 aromatic rings. The summed E-state index contributed by atoms with van der Waals surface area (Å²) in [6, 6.07) is 3.72. The number of carbonyl (C=O) groups is 2. The van der Waals surface area contributed by atoms with E-state index in [2.05, 4.69) is 15.6 Å². The van der Waals surface area contributed by atoms with E-state index in [-0.39, 0.29) is 42.1 Å². The van der Waals surface area contributed by atoms with Gasteiger partial charge in [-0.15, -0.1) is 0 Å². The highest BCUT2D eigenvalue weighted by Crippen LogP contribution is 2.44. The predicted octanol–water partition coefficient (Wildman–Crippen LogP) is 4.19. The van der Waals surface area contributed by atoms with E-state index in [0.29, 0.717) is 37.1 Å². The molecule has 0 saturated carbocycles. The van der Waals surface area contributed by atoms with Crippen LogP contribution >= 0.6 is 11.6 Å².